The van der Waals surface area contributed by atoms with Crippen molar-refractivity contribution in [2.24, 2.45) is 0 Å². The van der Waals surface area contributed by atoms with Gasteiger partial charge in [-0.1, -0.05) is 12.1 Å². The number of carbonyl (C=O) groups excluding carboxylic acids is 1. The third kappa shape index (κ3) is 5.09. The summed E-state index contributed by atoms with van der Waals surface area (Å²) in [6, 6.07) is 20.7. The third-order valence-electron chi connectivity index (χ3n) is 3.97. The molecule has 5 nitrogen and oxygen atoms in total. The van der Waals surface area contributed by atoms with Crippen molar-refractivity contribution in [2.45, 2.75) is 6.54 Å². The first kappa shape index (κ1) is 18.5. The van der Waals surface area contributed by atoms with Crippen LogP contribution < -0.4 is 15.0 Å². The molecule has 0 fully saturated rings. The molecule has 3 rings (SSSR count). The number of amides is 1. The fourth-order valence-electron chi connectivity index (χ4n) is 2.66. The van der Waals surface area contributed by atoms with Gasteiger partial charge >= 0.3 is 0 Å². The van der Waals surface area contributed by atoms with Gasteiger partial charge in [0.1, 0.15) is 5.75 Å². The van der Waals surface area contributed by atoms with Gasteiger partial charge < -0.3 is 15.0 Å². The number of carbonyl (C=O) groups is 1. The van der Waals surface area contributed by atoms with Crippen molar-refractivity contribution in [1.82, 2.24) is 0 Å². The first-order chi connectivity index (χ1) is 13.2. The van der Waals surface area contributed by atoms with Crippen molar-refractivity contribution in [2.75, 3.05) is 23.9 Å². The van der Waals surface area contributed by atoms with E-state index < -0.39 is 0 Å². The second kappa shape index (κ2) is 8.88. The van der Waals surface area contributed by atoms with Crippen LogP contribution in [0.25, 0.3) is 0 Å². The smallest absolute Gasteiger partial charge is 0.243 e. The SMILES string of the molecule is COc1ccc(N(CC(=O)Nc2cccc(C#N)c2)Cc2cccs2)cc1. The second-order valence-corrected chi connectivity index (χ2v) is 6.91. The zero-order valence-electron chi connectivity index (χ0n) is 14.9. The molecule has 0 saturated carbocycles. The Balaban J connectivity index is 1.75. The van der Waals surface area contributed by atoms with Crippen LogP contribution in [-0.4, -0.2) is 19.6 Å². The zero-order valence-corrected chi connectivity index (χ0v) is 15.7. The van der Waals surface area contributed by atoms with Crippen molar-refractivity contribution in [3.8, 4) is 11.8 Å². The average Bonchev–Trinajstić information content (AvgIpc) is 3.21. The molecule has 0 bridgehead atoms. The fraction of sp³-hybridized carbons (Fsp3) is 0.143. The van der Waals surface area contributed by atoms with E-state index in [1.54, 1.807) is 42.7 Å². The van der Waals surface area contributed by atoms with Gasteiger partial charge in [-0.25, -0.2) is 0 Å². The van der Waals surface area contributed by atoms with E-state index in [-0.39, 0.29) is 12.5 Å². The molecule has 0 saturated heterocycles. The number of hydrogen-bond donors (Lipinski definition) is 1. The highest BCUT2D eigenvalue weighted by atomic mass is 32.1. The first-order valence-electron chi connectivity index (χ1n) is 8.39. The van der Waals surface area contributed by atoms with Gasteiger partial charge in [-0.05, 0) is 53.9 Å². The lowest BCUT2D eigenvalue weighted by Gasteiger charge is -2.24. The Bertz CT molecular complexity index is 931. The van der Waals surface area contributed by atoms with Gasteiger partial charge in [0.25, 0.3) is 0 Å². The number of nitrogens with one attached hydrogen (secondary N) is 1. The molecule has 1 aromatic heterocycles. The Kier molecular flexibility index (Phi) is 6.08. The molecule has 2 aromatic carbocycles. The van der Waals surface area contributed by atoms with Crippen molar-refractivity contribution in [3.63, 3.8) is 0 Å². The summed E-state index contributed by atoms with van der Waals surface area (Å²) in [6.45, 7) is 0.830. The summed E-state index contributed by atoms with van der Waals surface area (Å²) in [4.78, 5) is 15.8. The number of rotatable bonds is 7. The summed E-state index contributed by atoms with van der Waals surface area (Å²) in [5, 5.41) is 13.9. The molecule has 27 heavy (non-hydrogen) atoms. The Morgan fingerprint density at radius 2 is 2.00 bits per heavy atom. The number of ether oxygens (including phenoxy) is 1. The van der Waals surface area contributed by atoms with Gasteiger partial charge in [-0.2, -0.15) is 5.26 Å². The monoisotopic (exact) mass is 377 g/mol. The molecule has 3 aromatic rings. The molecular formula is C21H19N3O2S. The second-order valence-electron chi connectivity index (χ2n) is 5.87. The van der Waals surface area contributed by atoms with E-state index in [2.05, 4.69) is 17.5 Å². The van der Waals surface area contributed by atoms with Crippen LogP contribution in [0.2, 0.25) is 0 Å². The standard InChI is InChI=1S/C21H19N3O2S/c1-26-19-9-7-18(8-10-19)24(14-20-6-3-11-27-20)15-21(25)23-17-5-2-4-16(12-17)13-22/h2-12H,14-15H2,1H3,(H,23,25). The highest BCUT2D eigenvalue weighted by Gasteiger charge is 2.14. The number of nitriles is 1. The van der Waals surface area contributed by atoms with Crippen molar-refractivity contribution in [1.29, 1.82) is 5.26 Å². The first-order valence-corrected chi connectivity index (χ1v) is 9.27. The molecule has 0 radical (unpaired) electrons. The van der Waals surface area contributed by atoms with E-state index in [9.17, 15) is 4.79 Å². The van der Waals surface area contributed by atoms with E-state index in [4.69, 9.17) is 10.00 Å². The summed E-state index contributed by atoms with van der Waals surface area (Å²) < 4.78 is 5.21. The molecule has 0 aliphatic carbocycles. The van der Waals surface area contributed by atoms with Crippen molar-refractivity contribution in [3.05, 3.63) is 76.5 Å². The lowest BCUT2D eigenvalue weighted by molar-refractivity contribution is -0.115. The van der Waals surface area contributed by atoms with E-state index >= 15 is 0 Å². The zero-order chi connectivity index (χ0) is 19.1. The minimum atomic E-state index is -0.141. The maximum Gasteiger partial charge on any atom is 0.243 e. The van der Waals surface area contributed by atoms with Crippen molar-refractivity contribution >= 4 is 28.6 Å². The fourth-order valence-corrected chi connectivity index (χ4v) is 3.38. The number of benzene rings is 2. The normalized spacial score (nSPS) is 10.1. The molecule has 6 heteroatoms. The lowest BCUT2D eigenvalue weighted by Crippen LogP contribution is -2.32. The van der Waals surface area contributed by atoms with E-state index in [0.717, 1.165) is 11.4 Å². The van der Waals surface area contributed by atoms with Gasteiger partial charge in [0.2, 0.25) is 5.91 Å². The molecule has 1 heterocycles. The van der Waals surface area contributed by atoms with Gasteiger partial charge in [0.05, 0.1) is 31.8 Å². The predicted octanol–water partition coefficient (Wildman–Crippen LogP) is 4.27. The summed E-state index contributed by atoms with van der Waals surface area (Å²) >= 11 is 1.66. The molecule has 0 unspecified atom stereocenters. The molecule has 0 spiro atoms. The average molecular weight is 377 g/mol. The van der Waals surface area contributed by atoms with E-state index in [0.29, 0.717) is 17.8 Å². The summed E-state index contributed by atoms with van der Waals surface area (Å²) in [5.74, 6) is 0.630. The van der Waals surface area contributed by atoms with Gasteiger partial charge in [-0.15, -0.1) is 11.3 Å². The largest absolute Gasteiger partial charge is 0.497 e. The maximum absolute atomic E-state index is 12.6. The van der Waals surface area contributed by atoms with Crippen LogP contribution in [0.5, 0.6) is 5.75 Å². The number of nitrogens with zero attached hydrogens (tertiary/aromatic N) is 2. The van der Waals surface area contributed by atoms with E-state index in [1.165, 1.54) is 4.88 Å². The number of anilines is 2. The highest BCUT2D eigenvalue weighted by Crippen LogP contribution is 2.22. The molecule has 0 atom stereocenters. The van der Waals surface area contributed by atoms with Crippen LogP contribution in [0, 0.1) is 11.3 Å². The van der Waals surface area contributed by atoms with Gasteiger partial charge in [0.15, 0.2) is 0 Å². The van der Waals surface area contributed by atoms with Crippen LogP contribution in [0.3, 0.4) is 0 Å². The lowest BCUT2D eigenvalue weighted by atomic mass is 10.2. The van der Waals surface area contributed by atoms with Gasteiger partial charge in [-0.3, -0.25) is 4.79 Å². The summed E-state index contributed by atoms with van der Waals surface area (Å²) in [7, 11) is 1.63. The summed E-state index contributed by atoms with van der Waals surface area (Å²) in [5.41, 5.74) is 2.06. The van der Waals surface area contributed by atoms with Gasteiger partial charge in [0, 0.05) is 16.3 Å². The molecule has 136 valence electrons. The van der Waals surface area contributed by atoms with Crippen LogP contribution in [-0.2, 0) is 11.3 Å². The molecule has 1 N–H and O–H groups in total. The predicted molar refractivity (Wildman–Crippen MR) is 108 cm³/mol. The minimum absolute atomic E-state index is 0.141. The quantitative estimate of drug-likeness (QED) is 0.668. The van der Waals surface area contributed by atoms with Crippen LogP contribution in [0.4, 0.5) is 11.4 Å². The minimum Gasteiger partial charge on any atom is -0.497 e. The van der Waals surface area contributed by atoms with E-state index in [1.807, 2.05) is 40.6 Å². The maximum atomic E-state index is 12.6. The number of thiophene rings is 1. The number of methoxy groups -OCH3 is 1. The molecule has 0 aliphatic rings. The van der Waals surface area contributed by atoms with Crippen LogP contribution in [0.15, 0.2) is 66.0 Å². The molecule has 1 amide bonds. The van der Waals surface area contributed by atoms with Crippen LogP contribution in [0.1, 0.15) is 10.4 Å². The number of hydrogen-bond acceptors (Lipinski definition) is 5. The Labute approximate surface area is 162 Å². The third-order valence-corrected chi connectivity index (χ3v) is 4.84. The molecule has 0 aliphatic heterocycles. The Morgan fingerprint density at radius 3 is 2.67 bits per heavy atom. The highest BCUT2D eigenvalue weighted by molar-refractivity contribution is 7.09. The van der Waals surface area contributed by atoms with Crippen LogP contribution >= 0.6 is 11.3 Å². The summed E-state index contributed by atoms with van der Waals surface area (Å²) in [6.07, 6.45) is 0. The molecular weight excluding hydrogens is 358 g/mol. The Morgan fingerprint density at radius 1 is 1.19 bits per heavy atom. The Hall–Kier alpha value is -3.30. The topological polar surface area (TPSA) is 65.4 Å². The van der Waals surface area contributed by atoms with Crippen molar-refractivity contribution < 1.29 is 9.53 Å².